The number of anilines is 1. The van der Waals surface area contributed by atoms with Crippen LogP contribution in [0.1, 0.15) is 19.8 Å². The molecule has 5 rings (SSSR count). The summed E-state index contributed by atoms with van der Waals surface area (Å²) in [5, 5.41) is 12.6. The number of aryl methyl sites for hydroxylation is 1. The predicted octanol–water partition coefficient (Wildman–Crippen LogP) is 3.51. The number of benzene rings is 1. The Balaban J connectivity index is 1.42. The molecule has 30 heavy (non-hydrogen) atoms. The van der Waals surface area contributed by atoms with E-state index in [9.17, 15) is 4.79 Å². The van der Waals surface area contributed by atoms with E-state index >= 15 is 0 Å². The van der Waals surface area contributed by atoms with Crippen molar-refractivity contribution in [3.05, 3.63) is 48.9 Å². The Morgan fingerprint density at radius 2 is 2.00 bits per heavy atom. The van der Waals surface area contributed by atoms with E-state index in [0.717, 1.165) is 40.4 Å². The van der Waals surface area contributed by atoms with Crippen LogP contribution >= 0.6 is 11.8 Å². The molecule has 0 atom stereocenters. The molecule has 1 aliphatic carbocycles. The van der Waals surface area contributed by atoms with E-state index in [4.69, 9.17) is 0 Å². The normalized spacial score (nSPS) is 14.7. The van der Waals surface area contributed by atoms with Gasteiger partial charge >= 0.3 is 0 Å². The topological polar surface area (TPSA) is 90.5 Å². The molecule has 1 fully saturated rings. The van der Waals surface area contributed by atoms with E-state index in [0.29, 0.717) is 12.4 Å². The van der Waals surface area contributed by atoms with Crippen LogP contribution in [0.3, 0.4) is 0 Å². The lowest BCUT2D eigenvalue weighted by atomic mass is 10.3. The van der Waals surface area contributed by atoms with Crippen LogP contribution in [0.4, 0.5) is 5.69 Å². The second kappa shape index (κ2) is 7.24. The molecule has 1 aromatic carbocycles. The lowest BCUT2D eigenvalue weighted by molar-refractivity contribution is -0.116. The summed E-state index contributed by atoms with van der Waals surface area (Å²) < 4.78 is 3.48. The van der Waals surface area contributed by atoms with Crippen molar-refractivity contribution < 1.29 is 4.79 Å². The predicted molar refractivity (Wildman–Crippen MR) is 116 cm³/mol. The van der Waals surface area contributed by atoms with Gasteiger partial charge in [-0.3, -0.25) is 9.78 Å². The molecule has 1 N–H and O–H groups in total. The first kappa shape index (κ1) is 18.8. The minimum Gasteiger partial charge on any atom is -0.334 e. The van der Waals surface area contributed by atoms with Gasteiger partial charge in [-0.1, -0.05) is 30.0 Å². The highest BCUT2D eigenvalue weighted by atomic mass is 32.2. The summed E-state index contributed by atoms with van der Waals surface area (Å²) in [5.41, 5.74) is 3.38. The van der Waals surface area contributed by atoms with Crippen molar-refractivity contribution in [1.29, 1.82) is 0 Å². The van der Waals surface area contributed by atoms with Gasteiger partial charge in [0, 0.05) is 19.3 Å². The number of nitrogens with zero attached hydrogens (tertiary/aromatic N) is 6. The summed E-state index contributed by atoms with van der Waals surface area (Å²) >= 11 is 1.49. The molecule has 0 bridgehead atoms. The van der Waals surface area contributed by atoms with E-state index < -0.39 is 4.75 Å². The number of hydrogen-bond acceptors (Lipinski definition) is 6. The Bertz CT molecular complexity index is 1230. The van der Waals surface area contributed by atoms with Crippen LogP contribution in [0.2, 0.25) is 0 Å². The molecule has 1 saturated carbocycles. The highest BCUT2D eigenvalue weighted by molar-refractivity contribution is 8.01. The Morgan fingerprint density at radius 1 is 1.20 bits per heavy atom. The van der Waals surface area contributed by atoms with Gasteiger partial charge in [-0.25, -0.2) is 4.98 Å². The first-order valence-corrected chi connectivity index (χ1v) is 10.7. The number of pyridine rings is 1. The van der Waals surface area contributed by atoms with Crippen molar-refractivity contribution in [1.82, 2.24) is 29.3 Å². The molecular formula is C21H21N7OS. The van der Waals surface area contributed by atoms with Crippen molar-refractivity contribution in [3.63, 3.8) is 0 Å². The van der Waals surface area contributed by atoms with Crippen LogP contribution in [0.25, 0.3) is 22.6 Å². The Kier molecular flexibility index (Phi) is 4.54. The molecular weight excluding hydrogens is 398 g/mol. The van der Waals surface area contributed by atoms with Gasteiger partial charge in [0.05, 0.1) is 18.0 Å². The molecule has 8 nitrogen and oxygen atoms in total. The van der Waals surface area contributed by atoms with Gasteiger partial charge in [0.1, 0.15) is 16.0 Å². The van der Waals surface area contributed by atoms with Gasteiger partial charge in [-0.05, 0) is 38.0 Å². The van der Waals surface area contributed by atoms with Crippen LogP contribution in [0.15, 0.2) is 54.1 Å². The smallest absolute Gasteiger partial charge is 0.241 e. The number of amides is 1. The Labute approximate surface area is 177 Å². The fourth-order valence-electron chi connectivity index (χ4n) is 3.42. The molecule has 0 unspecified atom stereocenters. The summed E-state index contributed by atoms with van der Waals surface area (Å²) in [4.78, 5) is 21.8. The third kappa shape index (κ3) is 3.24. The lowest BCUT2D eigenvalue weighted by Crippen LogP contribution is -2.27. The number of para-hydroxylation sites is 1. The first-order valence-electron chi connectivity index (χ1n) is 9.86. The van der Waals surface area contributed by atoms with Gasteiger partial charge in [0.2, 0.25) is 5.91 Å². The zero-order valence-electron chi connectivity index (χ0n) is 16.7. The molecule has 3 heterocycles. The van der Waals surface area contributed by atoms with Crippen molar-refractivity contribution in [2.24, 2.45) is 7.05 Å². The van der Waals surface area contributed by atoms with Crippen LogP contribution in [-0.4, -0.2) is 40.0 Å². The number of rotatable bonds is 6. The Morgan fingerprint density at radius 3 is 2.73 bits per heavy atom. The Hall–Kier alpha value is -3.20. The van der Waals surface area contributed by atoms with E-state index in [1.807, 2.05) is 59.5 Å². The monoisotopic (exact) mass is 419 g/mol. The third-order valence-electron chi connectivity index (χ3n) is 5.31. The number of imidazole rings is 1. The van der Waals surface area contributed by atoms with E-state index in [1.54, 1.807) is 12.5 Å². The van der Waals surface area contributed by atoms with E-state index in [2.05, 4.69) is 25.5 Å². The van der Waals surface area contributed by atoms with Gasteiger partial charge in [0.25, 0.3) is 0 Å². The standard InChI is InChI=1S/C21H21N7OS/c1-3-28-18(15-11-17-16(12-22-15)23-13-27(17)2)25-26-20(28)30-21(9-10-21)19(29)24-14-7-5-4-6-8-14/h4-8,11-13H,3,9-10H2,1-2H3,(H,24,29). The molecule has 152 valence electrons. The molecule has 9 heteroatoms. The maximum Gasteiger partial charge on any atom is 0.241 e. The fourth-order valence-corrected chi connectivity index (χ4v) is 4.63. The van der Waals surface area contributed by atoms with Crippen molar-refractivity contribution in [3.8, 4) is 11.5 Å². The average Bonchev–Trinajstić information content (AvgIpc) is 3.31. The summed E-state index contributed by atoms with van der Waals surface area (Å²) in [6, 6.07) is 11.5. The summed E-state index contributed by atoms with van der Waals surface area (Å²) in [6.07, 6.45) is 5.16. The largest absolute Gasteiger partial charge is 0.334 e. The molecule has 1 aliphatic rings. The minimum atomic E-state index is -0.494. The lowest BCUT2D eigenvalue weighted by Gasteiger charge is -2.15. The quantitative estimate of drug-likeness (QED) is 0.514. The van der Waals surface area contributed by atoms with Crippen LogP contribution in [0.5, 0.6) is 0 Å². The van der Waals surface area contributed by atoms with Crippen molar-refractivity contribution >= 4 is 34.4 Å². The number of fused-ring (bicyclic) bond motifs is 1. The highest BCUT2D eigenvalue weighted by Crippen LogP contribution is 2.52. The van der Waals surface area contributed by atoms with Gasteiger partial charge in [-0.15, -0.1) is 10.2 Å². The zero-order chi connectivity index (χ0) is 20.7. The van der Waals surface area contributed by atoms with Crippen LogP contribution in [-0.2, 0) is 18.4 Å². The summed E-state index contributed by atoms with van der Waals surface area (Å²) in [6.45, 7) is 2.73. The molecule has 0 spiro atoms. The van der Waals surface area contributed by atoms with Crippen molar-refractivity contribution in [2.75, 3.05) is 5.32 Å². The number of aromatic nitrogens is 6. The average molecular weight is 420 g/mol. The maximum absolute atomic E-state index is 12.9. The molecule has 1 amide bonds. The minimum absolute atomic E-state index is 0.0142. The van der Waals surface area contributed by atoms with Crippen LogP contribution in [0, 0.1) is 0 Å². The molecule has 4 aromatic rings. The number of carbonyl (C=O) groups excluding carboxylic acids is 1. The van der Waals surface area contributed by atoms with Gasteiger partial charge in [0.15, 0.2) is 11.0 Å². The number of carbonyl (C=O) groups is 1. The number of nitrogens with one attached hydrogen (secondary N) is 1. The third-order valence-corrected chi connectivity index (χ3v) is 6.78. The second-order valence-electron chi connectivity index (χ2n) is 7.38. The number of hydrogen-bond donors (Lipinski definition) is 1. The van der Waals surface area contributed by atoms with Crippen LogP contribution < -0.4 is 5.32 Å². The molecule has 0 radical (unpaired) electrons. The summed E-state index contributed by atoms with van der Waals surface area (Å²) in [7, 11) is 1.95. The van der Waals surface area contributed by atoms with E-state index in [1.165, 1.54) is 11.8 Å². The molecule has 3 aromatic heterocycles. The van der Waals surface area contributed by atoms with Crippen molar-refractivity contribution in [2.45, 2.75) is 36.2 Å². The summed E-state index contributed by atoms with van der Waals surface area (Å²) in [5.74, 6) is 0.711. The molecule has 0 saturated heterocycles. The maximum atomic E-state index is 12.9. The van der Waals surface area contributed by atoms with Gasteiger partial charge in [-0.2, -0.15) is 0 Å². The molecule has 0 aliphatic heterocycles. The van der Waals surface area contributed by atoms with Gasteiger partial charge < -0.3 is 14.5 Å². The first-order chi connectivity index (χ1) is 14.6. The fraction of sp³-hybridized carbons (Fsp3) is 0.286. The SMILES string of the molecule is CCn1c(SC2(C(=O)Nc3ccccc3)CC2)nnc1-c1cc2c(cn1)ncn2C. The second-order valence-corrected chi connectivity index (χ2v) is 8.73. The van der Waals surface area contributed by atoms with E-state index in [-0.39, 0.29) is 5.91 Å². The number of thioether (sulfide) groups is 1. The zero-order valence-corrected chi connectivity index (χ0v) is 17.6. The highest BCUT2D eigenvalue weighted by Gasteiger charge is 2.52.